The Labute approximate surface area is 94.1 Å². The molecule has 2 N–H and O–H groups in total. The smallest absolute Gasteiger partial charge is 0.338 e. The lowest BCUT2D eigenvalue weighted by Gasteiger charge is -2.14. The summed E-state index contributed by atoms with van der Waals surface area (Å²) in [5.41, 5.74) is 7.22. The summed E-state index contributed by atoms with van der Waals surface area (Å²) < 4.78 is 14.9. The van der Waals surface area contributed by atoms with Crippen molar-refractivity contribution in [1.29, 1.82) is 0 Å². The van der Waals surface area contributed by atoms with Gasteiger partial charge in [0.25, 0.3) is 0 Å². The van der Waals surface area contributed by atoms with E-state index in [1.165, 1.54) is 21.3 Å². The van der Waals surface area contributed by atoms with Gasteiger partial charge in [-0.25, -0.2) is 4.79 Å². The molecule has 88 valence electrons. The molecule has 1 aromatic rings. The lowest BCUT2D eigenvalue weighted by Crippen LogP contribution is -2.08. The average molecular weight is 225 g/mol. The van der Waals surface area contributed by atoms with Gasteiger partial charge in [-0.1, -0.05) is 0 Å². The molecule has 1 aromatic carbocycles. The van der Waals surface area contributed by atoms with Gasteiger partial charge in [-0.05, 0) is 18.6 Å². The van der Waals surface area contributed by atoms with Crippen LogP contribution in [0.2, 0.25) is 0 Å². The number of hydrogen-bond acceptors (Lipinski definition) is 5. The fourth-order valence-corrected chi connectivity index (χ4v) is 1.44. The second-order valence-electron chi connectivity index (χ2n) is 3.19. The number of methoxy groups -OCH3 is 3. The van der Waals surface area contributed by atoms with Crippen LogP contribution in [-0.2, 0) is 4.74 Å². The molecular weight excluding hydrogens is 210 g/mol. The molecule has 5 heteroatoms. The highest BCUT2D eigenvalue weighted by atomic mass is 16.5. The molecule has 0 radical (unpaired) electrons. The molecule has 0 amide bonds. The highest BCUT2D eigenvalue weighted by molar-refractivity contribution is 5.94. The van der Waals surface area contributed by atoms with E-state index in [0.717, 1.165) is 0 Å². The van der Waals surface area contributed by atoms with Gasteiger partial charge in [0, 0.05) is 0 Å². The van der Waals surface area contributed by atoms with Crippen molar-refractivity contribution < 1.29 is 19.0 Å². The fourth-order valence-electron chi connectivity index (χ4n) is 1.44. The van der Waals surface area contributed by atoms with Crippen molar-refractivity contribution in [3.8, 4) is 11.5 Å². The largest absolute Gasteiger partial charge is 0.493 e. The Morgan fingerprint density at radius 3 is 2.31 bits per heavy atom. The molecule has 0 aromatic heterocycles. The lowest BCUT2D eigenvalue weighted by molar-refractivity contribution is 0.0599. The molecule has 16 heavy (non-hydrogen) atoms. The van der Waals surface area contributed by atoms with Gasteiger partial charge in [0.15, 0.2) is 11.5 Å². The molecular formula is C11H15NO4. The standard InChI is InChI=1S/C11H15NO4/c1-6-7(11(13)16-4)5-8(14-2)10(15-3)9(6)12/h5H,12H2,1-4H3. The Bertz CT molecular complexity index is 415. The molecule has 5 nitrogen and oxygen atoms in total. The van der Waals surface area contributed by atoms with E-state index in [0.29, 0.717) is 28.3 Å². The van der Waals surface area contributed by atoms with Crippen molar-refractivity contribution in [1.82, 2.24) is 0 Å². The number of carbonyl (C=O) groups excluding carboxylic acids is 1. The minimum Gasteiger partial charge on any atom is -0.493 e. The van der Waals surface area contributed by atoms with Gasteiger partial charge in [-0.3, -0.25) is 0 Å². The first-order chi connectivity index (χ1) is 7.56. The van der Waals surface area contributed by atoms with Gasteiger partial charge >= 0.3 is 5.97 Å². The van der Waals surface area contributed by atoms with E-state index < -0.39 is 5.97 Å². The van der Waals surface area contributed by atoms with Crippen molar-refractivity contribution in [3.63, 3.8) is 0 Å². The van der Waals surface area contributed by atoms with Crippen molar-refractivity contribution in [2.24, 2.45) is 0 Å². The van der Waals surface area contributed by atoms with Crippen LogP contribution in [0.1, 0.15) is 15.9 Å². The quantitative estimate of drug-likeness (QED) is 0.621. The Morgan fingerprint density at radius 1 is 1.25 bits per heavy atom. The number of carbonyl (C=O) groups is 1. The maximum absolute atomic E-state index is 11.5. The molecule has 0 bridgehead atoms. The first-order valence-electron chi connectivity index (χ1n) is 4.66. The van der Waals surface area contributed by atoms with E-state index in [-0.39, 0.29) is 0 Å². The molecule has 0 saturated carbocycles. The van der Waals surface area contributed by atoms with Crippen molar-refractivity contribution in [3.05, 3.63) is 17.2 Å². The topological polar surface area (TPSA) is 70.8 Å². The van der Waals surface area contributed by atoms with Gasteiger partial charge in [-0.2, -0.15) is 0 Å². The number of rotatable bonds is 3. The summed E-state index contributed by atoms with van der Waals surface area (Å²) in [5, 5.41) is 0. The van der Waals surface area contributed by atoms with Crippen molar-refractivity contribution >= 4 is 11.7 Å². The molecule has 0 atom stereocenters. The lowest BCUT2D eigenvalue weighted by atomic mass is 10.1. The van der Waals surface area contributed by atoms with Crippen LogP contribution < -0.4 is 15.2 Å². The number of esters is 1. The van der Waals surface area contributed by atoms with E-state index in [1.807, 2.05) is 0 Å². The van der Waals surface area contributed by atoms with E-state index in [9.17, 15) is 4.79 Å². The molecule has 0 aliphatic rings. The summed E-state index contributed by atoms with van der Waals surface area (Å²) in [7, 11) is 4.29. The Kier molecular flexibility index (Phi) is 3.60. The Morgan fingerprint density at radius 2 is 1.88 bits per heavy atom. The molecule has 0 spiro atoms. The van der Waals surface area contributed by atoms with E-state index in [1.54, 1.807) is 13.0 Å². The van der Waals surface area contributed by atoms with Gasteiger partial charge in [0.2, 0.25) is 0 Å². The Hall–Kier alpha value is -1.91. The van der Waals surface area contributed by atoms with Crippen LogP contribution in [0, 0.1) is 6.92 Å². The summed E-state index contributed by atoms with van der Waals surface area (Å²) in [6.07, 6.45) is 0. The number of anilines is 1. The van der Waals surface area contributed by atoms with Gasteiger partial charge in [-0.15, -0.1) is 0 Å². The van der Waals surface area contributed by atoms with Gasteiger partial charge in [0.1, 0.15) is 0 Å². The number of nitrogens with two attached hydrogens (primary N) is 1. The predicted octanol–water partition coefficient (Wildman–Crippen LogP) is 1.38. The predicted molar refractivity (Wildman–Crippen MR) is 60.0 cm³/mol. The summed E-state index contributed by atoms with van der Waals surface area (Å²) in [4.78, 5) is 11.5. The third-order valence-electron chi connectivity index (χ3n) is 2.38. The summed E-state index contributed by atoms with van der Waals surface area (Å²) in [6, 6.07) is 1.55. The number of ether oxygens (including phenoxy) is 3. The van der Waals surface area contributed by atoms with E-state index in [4.69, 9.17) is 15.2 Å². The average Bonchev–Trinajstić information content (AvgIpc) is 2.31. The van der Waals surface area contributed by atoms with Crippen LogP contribution in [0.5, 0.6) is 11.5 Å². The second-order valence-corrected chi connectivity index (χ2v) is 3.19. The third kappa shape index (κ3) is 1.88. The maximum atomic E-state index is 11.5. The second kappa shape index (κ2) is 4.74. The molecule has 0 aliphatic heterocycles. The summed E-state index contributed by atoms with van der Waals surface area (Å²) in [6.45, 7) is 1.73. The molecule has 1 rings (SSSR count). The molecule has 0 unspecified atom stereocenters. The molecule has 0 saturated heterocycles. The van der Waals surface area contributed by atoms with Crippen LogP contribution >= 0.6 is 0 Å². The molecule has 0 fully saturated rings. The van der Waals surface area contributed by atoms with Crippen molar-refractivity contribution in [2.75, 3.05) is 27.1 Å². The zero-order valence-electron chi connectivity index (χ0n) is 9.79. The normalized spacial score (nSPS) is 9.75. The highest BCUT2D eigenvalue weighted by Gasteiger charge is 2.19. The van der Waals surface area contributed by atoms with Crippen molar-refractivity contribution in [2.45, 2.75) is 6.92 Å². The highest BCUT2D eigenvalue weighted by Crippen LogP contribution is 2.37. The SMILES string of the molecule is COC(=O)c1cc(OC)c(OC)c(N)c1C. The number of benzene rings is 1. The molecule has 0 aliphatic carbocycles. The first kappa shape index (κ1) is 12.2. The monoisotopic (exact) mass is 225 g/mol. The van der Waals surface area contributed by atoms with E-state index >= 15 is 0 Å². The first-order valence-corrected chi connectivity index (χ1v) is 4.66. The van der Waals surface area contributed by atoms with Crippen LogP contribution in [0.15, 0.2) is 6.07 Å². The summed E-state index contributed by atoms with van der Waals surface area (Å²) in [5.74, 6) is 0.379. The minimum atomic E-state index is -0.454. The molecule has 0 heterocycles. The minimum absolute atomic E-state index is 0.373. The van der Waals surface area contributed by atoms with Gasteiger partial charge in [0.05, 0.1) is 32.6 Å². The van der Waals surface area contributed by atoms with Crippen LogP contribution in [-0.4, -0.2) is 27.3 Å². The maximum Gasteiger partial charge on any atom is 0.338 e. The number of nitrogen functional groups attached to an aromatic ring is 1. The fraction of sp³-hybridized carbons (Fsp3) is 0.364. The Balaban J connectivity index is 3.44. The zero-order valence-corrected chi connectivity index (χ0v) is 9.79. The van der Waals surface area contributed by atoms with Gasteiger partial charge < -0.3 is 19.9 Å². The zero-order chi connectivity index (χ0) is 12.3. The van der Waals surface area contributed by atoms with E-state index in [2.05, 4.69) is 4.74 Å². The van der Waals surface area contributed by atoms with Crippen LogP contribution in [0.4, 0.5) is 5.69 Å². The third-order valence-corrected chi connectivity index (χ3v) is 2.38. The van der Waals surface area contributed by atoms with Crippen LogP contribution in [0.3, 0.4) is 0 Å². The van der Waals surface area contributed by atoms with Crippen LogP contribution in [0.25, 0.3) is 0 Å². The summed E-state index contributed by atoms with van der Waals surface area (Å²) >= 11 is 0. The number of hydrogen-bond donors (Lipinski definition) is 1.